The summed E-state index contributed by atoms with van der Waals surface area (Å²) in [6.45, 7) is 5.19. The summed E-state index contributed by atoms with van der Waals surface area (Å²) in [5.74, 6) is -0.551. The number of anilines is 1. The predicted octanol–water partition coefficient (Wildman–Crippen LogP) is 2.53. The van der Waals surface area contributed by atoms with Crippen molar-refractivity contribution in [3.63, 3.8) is 0 Å². The summed E-state index contributed by atoms with van der Waals surface area (Å²) in [7, 11) is 0. The van der Waals surface area contributed by atoms with Gasteiger partial charge in [0, 0.05) is 11.5 Å². The van der Waals surface area contributed by atoms with E-state index < -0.39 is 11.3 Å². The number of allylic oxidation sites excluding steroid dienone is 1. The zero-order valence-electron chi connectivity index (χ0n) is 14.3. The zero-order valence-corrected chi connectivity index (χ0v) is 15.1. The molecule has 6 nitrogen and oxygen atoms in total. The molecule has 25 heavy (non-hydrogen) atoms. The van der Waals surface area contributed by atoms with Crippen molar-refractivity contribution in [1.82, 2.24) is 4.90 Å². The first kappa shape index (κ1) is 18.7. The maximum absolute atomic E-state index is 12.3. The predicted molar refractivity (Wildman–Crippen MR) is 96.5 cm³/mol. The van der Waals surface area contributed by atoms with E-state index in [1.54, 1.807) is 45.0 Å². The van der Waals surface area contributed by atoms with Crippen LogP contribution in [0.15, 0.2) is 35.4 Å². The number of amides is 2. The van der Waals surface area contributed by atoms with Gasteiger partial charge in [-0.2, -0.15) is 5.26 Å². The van der Waals surface area contributed by atoms with Crippen LogP contribution in [0.3, 0.4) is 0 Å². The summed E-state index contributed by atoms with van der Waals surface area (Å²) in [4.78, 5) is 37.8. The Morgan fingerprint density at radius 3 is 2.68 bits per heavy atom. The second-order valence-electron chi connectivity index (χ2n) is 6.57. The first-order chi connectivity index (χ1) is 11.7. The molecule has 0 unspecified atom stereocenters. The zero-order chi connectivity index (χ0) is 18.6. The number of hydrogen-bond acceptors (Lipinski definition) is 5. The monoisotopic (exact) mass is 357 g/mol. The molecular formula is C18H19N3O3S. The van der Waals surface area contributed by atoms with Crippen molar-refractivity contribution in [3.8, 4) is 6.07 Å². The Kier molecular flexibility index (Phi) is 5.65. The Hall–Kier alpha value is -2.59. The highest BCUT2D eigenvalue weighted by Crippen LogP contribution is 2.30. The van der Waals surface area contributed by atoms with Crippen LogP contribution in [0.1, 0.15) is 26.3 Å². The number of thioether (sulfide) groups is 1. The Morgan fingerprint density at radius 1 is 1.36 bits per heavy atom. The Morgan fingerprint density at radius 2 is 2.04 bits per heavy atom. The van der Waals surface area contributed by atoms with E-state index in [1.807, 2.05) is 6.07 Å². The first-order valence-corrected chi connectivity index (χ1v) is 8.69. The molecule has 2 amide bonds. The third-order valence-electron chi connectivity index (χ3n) is 3.53. The van der Waals surface area contributed by atoms with Crippen LogP contribution in [-0.2, 0) is 14.4 Å². The molecule has 0 spiro atoms. The third-order valence-corrected chi connectivity index (χ3v) is 4.55. The fourth-order valence-electron chi connectivity index (χ4n) is 2.05. The van der Waals surface area contributed by atoms with Crippen LogP contribution in [0.5, 0.6) is 0 Å². The van der Waals surface area contributed by atoms with Gasteiger partial charge in [0.1, 0.15) is 12.6 Å². The van der Waals surface area contributed by atoms with Crippen LogP contribution >= 0.6 is 11.8 Å². The van der Waals surface area contributed by atoms with Gasteiger partial charge in [0.15, 0.2) is 5.78 Å². The van der Waals surface area contributed by atoms with E-state index in [1.165, 1.54) is 22.7 Å². The van der Waals surface area contributed by atoms with Crippen molar-refractivity contribution in [2.24, 2.45) is 5.41 Å². The maximum atomic E-state index is 12.3. The molecule has 2 rings (SSSR count). The van der Waals surface area contributed by atoms with Crippen molar-refractivity contribution in [3.05, 3.63) is 40.9 Å². The number of ketones is 1. The molecule has 0 saturated carbocycles. The average Bonchev–Trinajstić information content (AvgIpc) is 2.87. The number of rotatable bonds is 4. The van der Waals surface area contributed by atoms with Crippen LogP contribution in [0.2, 0.25) is 0 Å². The van der Waals surface area contributed by atoms with E-state index in [-0.39, 0.29) is 24.0 Å². The highest BCUT2D eigenvalue weighted by molar-refractivity contribution is 8.04. The Bertz CT molecular complexity index is 787. The second-order valence-corrected chi connectivity index (χ2v) is 7.57. The van der Waals surface area contributed by atoms with Crippen LogP contribution in [0, 0.1) is 16.7 Å². The van der Waals surface area contributed by atoms with Crippen LogP contribution in [-0.4, -0.2) is 34.8 Å². The van der Waals surface area contributed by atoms with E-state index in [2.05, 4.69) is 5.32 Å². The summed E-state index contributed by atoms with van der Waals surface area (Å²) in [5, 5.41) is 12.2. The summed E-state index contributed by atoms with van der Waals surface area (Å²) in [6.07, 6.45) is 1.42. The highest BCUT2D eigenvalue weighted by atomic mass is 32.2. The molecule has 0 atom stereocenters. The molecule has 1 aliphatic rings. The fourth-order valence-corrected chi connectivity index (χ4v) is 2.99. The van der Waals surface area contributed by atoms with Crippen LogP contribution in [0.4, 0.5) is 5.69 Å². The number of carbonyl (C=O) groups is 3. The molecule has 1 aliphatic heterocycles. The summed E-state index contributed by atoms with van der Waals surface area (Å²) >= 11 is 1.24. The molecule has 130 valence electrons. The molecule has 7 heteroatoms. The van der Waals surface area contributed by atoms with Gasteiger partial charge in [0.2, 0.25) is 11.8 Å². The van der Waals surface area contributed by atoms with Crippen molar-refractivity contribution >= 4 is 35.0 Å². The molecule has 1 fully saturated rings. The van der Waals surface area contributed by atoms with Crippen molar-refractivity contribution < 1.29 is 14.4 Å². The molecule has 0 aliphatic carbocycles. The van der Waals surface area contributed by atoms with Gasteiger partial charge in [0.25, 0.3) is 0 Å². The van der Waals surface area contributed by atoms with E-state index in [9.17, 15) is 14.4 Å². The van der Waals surface area contributed by atoms with Gasteiger partial charge in [0.05, 0.1) is 22.0 Å². The van der Waals surface area contributed by atoms with Gasteiger partial charge in [-0.25, -0.2) is 0 Å². The van der Waals surface area contributed by atoms with E-state index in [4.69, 9.17) is 5.26 Å². The molecular weight excluding hydrogens is 338 g/mol. The average molecular weight is 357 g/mol. The second kappa shape index (κ2) is 7.53. The number of benzene rings is 1. The highest BCUT2D eigenvalue weighted by Gasteiger charge is 2.30. The summed E-state index contributed by atoms with van der Waals surface area (Å²) in [6, 6.07) is 8.63. The van der Waals surface area contributed by atoms with Crippen molar-refractivity contribution in [2.75, 3.05) is 17.6 Å². The lowest BCUT2D eigenvalue weighted by atomic mass is 9.91. The molecule has 0 aromatic heterocycles. The third kappa shape index (κ3) is 4.70. The largest absolute Gasteiger partial charge is 0.323 e. The lowest BCUT2D eigenvalue weighted by molar-refractivity contribution is -0.129. The maximum Gasteiger partial charge on any atom is 0.244 e. The van der Waals surface area contributed by atoms with Gasteiger partial charge in [-0.3, -0.25) is 19.3 Å². The standard InChI is InChI=1S/C18H19N3O3S/c1-18(2,3)14(22)8-17-21(16(24)11-25-17)10-15(23)20-13-7-5-4-6-12(13)9-19/h4-8H,10-11H2,1-3H3,(H,20,23). The summed E-state index contributed by atoms with van der Waals surface area (Å²) < 4.78 is 0. The molecule has 1 heterocycles. The lowest BCUT2D eigenvalue weighted by Gasteiger charge is -2.19. The molecule has 1 aromatic carbocycles. The van der Waals surface area contributed by atoms with Gasteiger partial charge in [-0.05, 0) is 12.1 Å². The molecule has 1 saturated heterocycles. The quantitative estimate of drug-likeness (QED) is 0.836. The van der Waals surface area contributed by atoms with Crippen LogP contribution in [0.25, 0.3) is 0 Å². The van der Waals surface area contributed by atoms with Crippen molar-refractivity contribution in [2.45, 2.75) is 20.8 Å². The minimum Gasteiger partial charge on any atom is -0.323 e. The number of carbonyl (C=O) groups excluding carboxylic acids is 3. The topological polar surface area (TPSA) is 90.3 Å². The molecule has 0 bridgehead atoms. The smallest absolute Gasteiger partial charge is 0.244 e. The van der Waals surface area contributed by atoms with Gasteiger partial charge >= 0.3 is 0 Å². The number of nitriles is 1. The van der Waals surface area contributed by atoms with Crippen LogP contribution < -0.4 is 5.32 Å². The first-order valence-electron chi connectivity index (χ1n) is 7.70. The minimum absolute atomic E-state index is 0.107. The Labute approximate surface area is 150 Å². The van der Waals surface area contributed by atoms with Gasteiger partial charge in [-0.15, -0.1) is 0 Å². The molecule has 0 radical (unpaired) electrons. The van der Waals surface area contributed by atoms with Gasteiger partial charge < -0.3 is 5.32 Å². The van der Waals surface area contributed by atoms with E-state index in [0.29, 0.717) is 16.3 Å². The fraction of sp³-hybridized carbons (Fsp3) is 0.333. The minimum atomic E-state index is -0.557. The SMILES string of the molecule is CC(C)(C)C(=O)C=C1SCC(=O)N1CC(=O)Nc1ccccc1C#N. The molecule has 1 aromatic rings. The normalized spacial score (nSPS) is 16.0. The number of nitrogens with zero attached hydrogens (tertiary/aromatic N) is 2. The van der Waals surface area contributed by atoms with E-state index >= 15 is 0 Å². The Balaban J connectivity index is 2.13. The summed E-state index contributed by atoms with van der Waals surface area (Å²) in [5.41, 5.74) is 0.182. The number of para-hydroxylation sites is 1. The number of hydrogen-bond donors (Lipinski definition) is 1. The van der Waals surface area contributed by atoms with E-state index in [0.717, 1.165) is 0 Å². The lowest BCUT2D eigenvalue weighted by Crippen LogP contribution is -2.34. The molecule has 1 N–H and O–H groups in total. The van der Waals surface area contributed by atoms with Crippen molar-refractivity contribution in [1.29, 1.82) is 5.26 Å². The number of nitrogens with one attached hydrogen (secondary N) is 1. The van der Waals surface area contributed by atoms with Gasteiger partial charge in [-0.1, -0.05) is 44.7 Å².